The van der Waals surface area contributed by atoms with Gasteiger partial charge in [0.05, 0.1) is 22.6 Å². The zero-order chi connectivity index (χ0) is 31.4. The van der Waals surface area contributed by atoms with Crippen LogP contribution >= 0.6 is 0 Å². The second-order valence-corrected chi connectivity index (χ2v) is 15.4. The van der Waals surface area contributed by atoms with Crippen LogP contribution in [0.3, 0.4) is 0 Å². The maximum absolute atomic E-state index is 13.1. The molecule has 0 unspecified atom stereocenters. The van der Waals surface area contributed by atoms with Crippen LogP contribution in [-0.2, 0) is 39.1 Å². The van der Waals surface area contributed by atoms with Gasteiger partial charge in [-0.2, -0.15) is 0 Å². The average Bonchev–Trinajstić information content (AvgIpc) is 3.05. The highest BCUT2D eigenvalue weighted by Gasteiger charge is 2.31. The number of sulfonamides is 2. The number of esters is 2. The molecular formula is C32H42N2O8S2. The van der Waals surface area contributed by atoms with Gasteiger partial charge in [-0.1, -0.05) is 99.2 Å². The lowest BCUT2D eigenvalue weighted by Crippen LogP contribution is -2.39. The van der Waals surface area contributed by atoms with Crippen LogP contribution in [-0.4, -0.2) is 52.5 Å². The molecule has 2 atom stereocenters. The Hall–Kier alpha value is -3.06. The van der Waals surface area contributed by atoms with Crippen molar-refractivity contribution in [3.63, 3.8) is 0 Å². The summed E-state index contributed by atoms with van der Waals surface area (Å²) in [6.45, 7) is -0.541. The summed E-state index contributed by atoms with van der Waals surface area (Å²) in [6, 6.07) is 16.1. The van der Waals surface area contributed by atoms with Crippen molar-refractivity contribution in [1.82, 2.24) is 9.44 Å². The number of hydrogen-bond donors (Lipinski definition) is 2. The third kappa shape index (κ3) is 10.3. The van der Waals surface area contributed by atoms with Gasteiger partial charge in [-0.3, -0.25) is 0 Å². The number of rotatable bonds is 14. The first-order valence-corrected chi connectivity index (χ1v) is 18.4. The van der Waals surface area contributed by atoms with Gasteiger partial charge in [0.1, 0.15) is 13.2 Å². The molecule has 0 heterocycles. The fourth-order valence-corrected chi connectivity index (χ4v) is 9.16. The van der Waals surface area contributed by atoms with Gasteiger partial charge in [0.15, 0.2) is 0 Å². The minimum absolute atomic E-state index is 0.271. The number of benzene rings is 2. The molecule has 0 radical (unpaired) electrons. The summed E-state index contributed by atoms with van der Waals surface area (Å²) < 4.78 is 68.3. The van der Waals surface area contributed by atoms with Crippen LogP contribution in [0.25, 0.3) is 0 Å². The predicted molar refractivity (Wildman–Crippen MR) is 167 cm³/mol. The zero-order valence-corrected chi connectivity index (χ0v) is 26.4. The SMILES string of the molecule is O=C(/C=C/C(=O)OC[C@H](NS(=O)(=O)C1CCCCC1)c1ccccc1)OC[C@H](NS(=O)(=O)C1CCCCC1)c1ccccc1. The second-order valence-electron chi connectivity index (χ2n) is 11.4. The molecule has 2 aromatic carbocycles. The Bertz CT molecular complexity index is 1340. The van der Waals surface area contributed by atoms with E-state index in [1.54, 1.807) is 60.7 Å². The van der Waals surface area contributed by atoms with Gasteiger partial charge >= 0.3 is 11.9 Å². The fraction of sp³-hybridized carbons (Fsp3) is 0.500. The smallest absolute Gasteiger partial charge is 0.331 e. The van der Waals surface area contributed by atoms with E-state index in [0.717, 1.165) is 50.7 Å². The minimum Gasteiger partial charge on any atom is -0.460 e. The molecule has 0 bridgehead atoms. The molecular weight excluding hydrogens is 604 g/mol. The molecule has 10 nitrogen and oxygen atoms in total. The van der Waals surface area contributed by atoms with Gasteiger partial charge in [0.2, 0.25) is 20.0 Å². The number of carbonyl (C=O) groups is 2. The van der Waals surface area contributed by atoms with E-state index in [9.17, 15) is 26.4 Å². The van der Waals surface area contributed by atoms with Crippen molar-refractivity contribution in [2.24, 2.45) is 0 Å². The topological polar surface area (TPSA) is 145 Å². The van der Waals surface area contributed by atoms with Crippen LogP contribution in [0, 0.1) is 0 Å². The lowest BCUT2D eigenvalue weighted by Gasteiger charge is -2.26. The first-order chi connectivity index (χ1) is 21.1. The van der Waals surface area contributed by atoms with Crippen molar-refractivity contribution in [3.05, 3.63) is 83.9 Å². The van der Waals surface area contributed by atoms with E-state index in [-0.39, 0.29) is 13.2 Å². The summed E-state index contributed by atoms with van der Waals surface area (Å²) in [4.78, 5) is 25.0. The quantitative estimate of drug-likeness (QED) is 0.224. The molecule has 2 aromatic rings. The third-order valence-corrected chi connectivity index (χ3v) is 12.1. The van der Waals surface area contributed by atoms with Crippen LogP contribution in [0.1, 0.15) is 87.4 Å². The van der Waals surface area contributed by atoms with Crippen LogP contribution in [0.5, 0.6) is 0 Å². The second kappa shape index (κ2) is 16.3. The number of hydrogen-bond acceptors (Lipinski definition) is 8. The molecule has 0 spiro atoms. The molecule has 2 saturated carbocycles. The largest absolute Gasteiger partial charge is 0.460 e. The Morgan fingerprint density at radius 3 is 1.30 bits per heavy atom. The van der Waals surface area contributed by atoms with E-state index in [4.69, 9.17) is 9.47 Å². The highest BCUT2D eigenvalue weighted by molar-refractivity contribution is 7.90. The lowest BCUT2D eigenvalue weighted by molar-refractivity contribution is -0.141. The van der Waals surface area contributed by atoms with Gasteiger partial charge in [-0.15, -0.1) is 0 Å². The minimum atomic E-state index is -3.65. The Morgan fingerprint density at radius 1 is 0.614 bits per heavy atom. The molecule has 2 fully saturated rings. The summed E-state index contributed by atoms with van der Waals surface area (Å²) in [5, 5.41) is -0.973. The normalized spacial score (nSPS) is 18.5. The molecule has 44 heavy (non-hydrogen) atoms. The monoisotopic (exact) mass is 646 g/mol. The Morgan fingerprint density at radius 2 is 0.955 bits per heavy atom. The Labute approximate surface area is 260 Å². The van der Waals surface area contributed by atoms with Crippen molar-refractivity contribution in [1.29, 1.82) is 0 Å². The molecule has 0 saturated heterocycles. The van der Waals surface area contributed by atoms with Crippen LogP contribution in [0.15, 0.2) is 72.8 Å². The Balaban J connectivity index is 1.33. The summed E-state index contributed by atoms with van der Waals surface area (Å²) in [7, 11) is -7.29. The van der Waals surface area contributed by atoms with E-state index in [1.165, 1.54) is 0 Å². The Kier molecular flexibility index (Phi) is 12.5. The van der Waals surface area contributed by atoms with Gasteiger partial charge in [-0.05, 0) is 36.8 Å². The van der Waals surface area contributed by atoms with Gasteiger partial charge in [0, 0.05) is 12.2 Å². The van der Waals surface area contributed by atoms with Crippen molar-refractivity contribution in [3.8, 4) is 0 Å². The molecule has 2 aliphatic rings. The number of carbonyl (C=O) groups excluding carboxylic acids is 2. The molecule has 0 aliphatic heterocycles. The number of ether oxygens (including phenoxy) is 2. The average molecular weight is 647 g/mol. The lowest BCUT2D eigenvalue weighted by atomic mass is 10.0. The molecule has 4 rings (SSSR count). The van der Waals surface area contributed by atoms with Crippen LogP contribution in [0.4, 0.5) is 0 Å². The van der Waals surface area contributed by atoms with Crippen molar-refractivity contribution in [2.75, 3.05) is 13.2 Å². The first-order valence-electron chi connectivity index (χ1n) is 15.3. The third-order valence-electron chi connectivity index (χ3n) is 8.14. The van der Waals surface area contributed by atoms with Gasteiger partial charge in [-0.25, -0.2) is 35.9 Å². The highest BCUT2D eigenvalue weighted by Crippen LogP contribution is 2.26. The maximum atomic E-state index is 13.1. The zero-order valence-electron chi connectivity index (χ0n) is 24.8. The fourth-order valence-electron chi connectivity index (χ4n) is 5.67. The van der Waals surface area contributed by atoms with Crippen molar-refractivity contribution >= 4 is 32.0 Å². The van der Waals surface area contributed by atoms with E-state index in [1.807, 2.05) is 0 Å². The van der Waals surface area contributed by atoms with Gasteiger partial charge < -0.3 is 9.47 Å². The van der Waals surface area contributed by atoms with E-state index in [2.05, 4.69) is 9.44 Å². The molecule has 12 heteroatoms. The van der Waals surface area contributed by atoms with E-state index in [0.29, 0.717) is 36.8 Å². The molecule has 0 aromatic heterocycles. The summed E-state index contributed by atoms with van der Waals surface area (Å²) in [6.07, 6.45) is 9.64. The summed E-state index contributed by atoms with van der Waals surface area (Å²) in [5.74, 6) is -1.70. The van der Waals surface area contributed by atoms with E-state index >= 15 is 0 Å². The molecule has 2 N–H and O–H groups in total. The van der Waals surface area contributed by atoms with Crippen molar-refractivity contribution in [2.45, 2.75) is 86.8 Å². The maximum Gasteiger partial charge on any atom is 0.331 e. The standard InChI is InChI=1S/C32H42N2O8S2/c35-31(41-23-29(25-13-5-1-6-14-25)33-43(37,38)27-17-9-3-10-18-27)21-22-32(36)42-24-30(26-15-7-2-8-16-26)34-44(39,40)28-19-11-4-12-20-28/h1-2,5-8,13-16,21-22,27-30,33-34H,3-4,9-12,17-20,23-24H2/b22-21+/t29-,30-/m0/s1. The van der Waals surface area contributed by atoms with Crippen LogP contribution < -0.4 is 9.44 Å². The number of nitrogens with one attached hydrogen (secondary N) is 2. The molecule has 2 aliphatic carbocycles. The summed E-state index contributed by atoms with van der Waals surface area (Å²) in [5.41, 5.74) is 1.29. The van der Waals surface area contributed by atoms with Gasteiger partial charge in [0.25, 0.3) is 0 Å². The van der Waals surface area contributed by atoms with E-state index < -0.39 is 54.6 Å². The first kappa shape index (κ1) is 33.8. The molecule has 0 amide bonds. The highest BCUT2D eigenvalue weighted by atomic mass is 32.2. The van der Waals surface area contributed by atoms with Crippen molar-refractivity contribution < 1.29 is 35.9 Å². The molecule has 240 valence electrons. The predicted octanol–water partition coefficient (Wildman–Crippen LogP) is 4.62. The summed E-state index contributed by atoms with van der Waals surface area (Å²) >= 11 is 0. The van der Waals surface area contributed by atoms with Crippen LogP contribution in [0.2, 0.25) is 0 Å².